The maximum Gasteiger partial charge on any atom is 0.145 e. The molecule has 0 amide bonds. The van der Waals surface area contributed by atoms with Gasteiger partial charge in [0, 0.05) is 31.4 Å². The fraction of sp³-hybridized carbons (Fsp3) is 0.438. The minimum absolute atomic E-state index is 0.403. The largest absolute Gasteiger partial charge is 0.497 e. The summed E-state index contributed by atoms with van der Waals surface area (Å²) in [5, 5.41) is 7.92. The van der Waals surface area contributed by atoms with E-state index >= 15 is 0 Å². The third kappa shape index (κ3) is 3.48. The number of benzene rings is 1. The molecule has 0 saturated carbocycles. The van der Waals surface area contributed by atoms with Gasteiger partial charge in [0.15, 0.2) is 0 Å². The number of aryl methyl sites for hydroxylation is 1. The molecule has 2 rings (SSSR count). The molecule has 1 N–H and O–H groups in total. The molecule has 1 aromatic heterocycles. The highest BCUT2D eigenvalue weighted by Crippen LogP contribution is 2.29. The van der Waals surface area contributed by atoms with Crippen LogP contribution in [0.2, 0.25) is 0 Å². The van der Waals surface area contributed by atoms with Crippen LogP contribution in [0.15, 0.2) is 24.4 Å². The summed E-state index contributed by atoms with van der Waals surface area (Å²) in [5.74, 6) is 1.95. The van der Waals surface area contributed by atoms with Gasteiger partial charge in [-0.25, -0.2) is 0 Å². The topological polar surface area (TPSA) is 48.3 Å². The molecule has 1 aromatic carbocycles. The molecule has 0 bridgehead atoms. The number of methoxy groups -OCH3 is 2. The van der Waals surface area contributed by atoms with Crippen molar-refractivity contribution in [1.29, 1.82) is 0 Å². The van der Waals surface area contributed by atoms with Gasteiger partial charge in [-0.15, -0.1) is 0 Å². The van der Waals surface area contributed by atoms with Crippen LogP contribution in [0.1, 0.15) is 31.0 Å². The Kier molecular flexibility index (Phi) is 4.73. The lowest BCUT2D eigenvalue weighted by Crippen LogP contribution is -2.04. The number of nitrogens with zero attached hydrogens (tertiary/aromatic N) is 2. The Hall–Kier alpha value is -2.17. The van der Waals surface area contributed by atoms with Gasteiger partial charge in [0.2, 0.25) is 0 Å². The first kappa shape index (κ1) is 15.2. The Morgan fingerprint density at radius 2 is 2.00 bits per heavy atom. The van der Waals surface area contributed by atoms with E-state index in [2.05, 4.69) is 30.5 Å². The van der Waals surface area contributed by atoms with E-state index in [9.17, 15) is 0 Å². The summed E-state index contributed by atoms with van der Waals surface area (Å²) < 4.78 is 12.5. The molecule has 114 valence electrons. The first-order valence-corrected chi connectivity index (χ1v) is 7.03. The van der Waals surface area contributed by atoms with Crippen LogP contribution in [0.4, 0.5) is 5.69 Å². The molecule has 1 heterocycles. The van der Waals surface area contributed by atoms with E-state index < -0.39 is 0 Å². The molecule has 2 aromatic rings. The number of anilines is 1. The maximum absolute atomic E-state index is 5.40. The van der Waals surface area contributed by atoms with Crippen molar-refractivity contribution in [1.82, 2.24) is 9.78 Å². The van der Waals surface area contributed by atoms with E-state index in [-0.39, 0.29) is 0 Å². The first-order chi connectivity index (χ1) is 10.0. The van der Waals surface area contributed by atoms with E-state index in [0.717, 1.165) is 22.9 Å². The molecular formula is C16H23N3O2. The molecule has 0 saturated heterocycles. The SMILES string of the molecule is COc1ccc(NCc2cn(C)nc2C(C)C)c(OC)c1. The highest BCUT2D eigenvalue weighted by atomic mass is 16.5. The standard InChI is InChI=1S/C16H23N3O2/c1-11(2)16-12(10-19(3)18-16)9-17-14-7-6-13(20-4)8-15(14)21-5/h6-8,10-11,17H,9H2,1-5H3. The molecule has 0 aliphatic rings. The molecule has 0 aliphatic heterocycles. The summed E-state index contributed by atoms with van der Waals surface area (Å²) in [6.45, 7) is 5.02. The summed E-state index contributed by atoms with van der Waals surface area (Å²) in [6, 6.07) is 5.75. The number of hydrogen-bond donors (Lipinski definition) is 1. The first-order valence-electron chi connectivity index (χ1n) is 7.03. The number of hydrogen-bond acceptors (Lipinski definition) is 4. The van der Waals surface area contributed by atoms with Crippen molar-refractivity contribution in [2.24, 2.45) is 7.05 Å². The molecule has 0 radical (unpaired) electrons. The predicted molar refractivity (Wildman–Crippen MR) is 84.2 cm³/mol. The van der Waals surface area contributed by atoms with Gasteiger partial charge in [-0.1, -0.05) is 13.8 Å². The minimum Gasteiger partial charge on any atom is -0.497 e. The molecule has 0 spiro atoms. The number of nitrogens with one attached hydrogen (secondary N) is 1. The van der Waals surface area contributed by atoms with Gasteiger partial charge in [-0.05, 0) is 18.1 Å². The summed E-state index contributed by atoms with van der Waals surface area (Å²) in [6.07, 6.45) is 2.05. The van der Waals surface area contributed by atoms with Crippen LogP contribution in [-0.4, -0.2) is 24.0 Å². The van der Waals surface area contributed by atoms with Crippen LogP contribution in [0.3, 0.4) is 0 Å². The molecule has 0 fully saturated rings. The lowest BCUT2D eigenvalue weighted by atomic mass is 10.1. The zero-order chi connectivity index (χ0) is 15.4. The Labute approximate surface area is 125 Å². The van der Waals surface area contributed by atoms with Gasteiger partial charge in [0.05, 0.1) is 25.6 Å². The van der Waals surface area contributed by atoms with E-state index in [1.165, 1.54) is 5.56 Å². The van der Waals surface area contributed by atoms with Crippen LogP contribution in [0.25, 0.3) is 0 Å². The van der Waals surface area contributed by atoms with Crippen molar-refractivity contribution in [3.8, 4) is 11.5 Å². The van der Waals surface area contributed by atoms with Crippen LogP contribution in [-0.2, 0) is 13.6 Å². The number of aromatic nitrogens is 2. The second-order valence-electron chi connectivity index (χ2n) is 5.29. The second kappa shape index (κ2) is 6.52. The lowest BCUT2D eigenvalue weighted by Gasteiger charge is -2.13. The molecule has 0 unspecified atom stereocenters. The summed E-state index contributed by atoms with van der Waals surface area (Å²) in [4.78, 5) is 0. The van der Waals surface area contributed by atoms with Crippen molar-refractivity contribution in [2.45, 2.75) is 26.3 Å². The average Bonchev–Trinajstić information content (AvgIpc) is 2.86. The minimum atomic E-state index is 0.403. The van der Waals surface area contributed by atoms with Gasteiger partial charge in [-0.2, -0.15) is 5.10 Å². The van der Waals surface area contributed by atoms with Crippen LogP contribution >= 0.6 is 0 Å². The summed E-state index contributed by atoms with van der Waals surface area (Å²) >= 11 is 0. The molecular weight excluding hydrogens is 266 g/mol. The molecule has 0 aliphatic carbocycles. The van der Waals surface area contributed by atoms with Crippen LogP contribution < -0.4 is 14.8 Å². The third-order valence-electron chi connectivity index (χ3n) is 3.36. The van der Waals surface area contributed by atoms with Crippen molar-refractivity contribution in [3.63, 3.8) is 0 Å². The Bertz CT molecular complexity index is 606. The van der Waals surface area contributed by atoms with Gasteiger partial charge < -0.3 is 14.8 Å². The molecule has 21 heavy (non-hydrogen) atoms. The van der Waals surface area contributed by atoms with Crippen LogP contribution in [0, 0.1) is 0 Å². The summed E-state index contributed by atoms with van der Waals surface area (Å²) in [5.41, 5.74) is 3.26. The molecule has 0 atom stereocenters. The molecule has 5 heteroatoms. The number of rotatable bonds is 6. The maximum atomic E-state index is 5.40. The van der Waals surface area contributed by atoms with Crippen molar-refractivity contribution in [2.75, 3.05) is 19.5 Å². The fourth-order valence-electron chi connectivity index (χ4n) is 2.31. The highest BCUT2D eigenvalue weighted by molar-refractivity contribution is 5.59. The van der Waals surface area contributed by atoms with Gasteiger partial charge in [0.25, 0.3) is 0 Å². The fourth-order valence-corrected chi connectivity index (χ4v) is 2.31. The van der Waals surface area contributed by atoms with Crippen molar-refractivity contribution >= 4 is 5.69 Å². The Morgan fingerprint density at radius 1 is 1.24 bits per heavy atom. The zero-order valence-corrected chi connectivity index (χ0v) is 13.3. The van der Waals surface area contributed by atoms with E-state index in [1.807, 2.05) is 29.9 Å². The second-order valence-corrected chi connectivity index (χ2v) is 5.29. The van der Waals surface area contributed by atoms with Gasteiger partial charge in [-0.3, -0.25) is 4.68 Å². The van der Waals surface area contributed by atoms with Gasteiger partial charge in [0.1, 0.15) is 11.5 Å². The quantitative estimate of drug-likeness (QED) is 0.887. The normalized spacial score (nSPS) is 10.8. The highest BCUT2D eigenvalue weighted by Gasteiger charge is 2.12. The van der Waals surface area contributed by atoms with Crippen molar-refractivity contribution < 1.29 is 9.47 Å². The van der Waals surface area contributed by atoms with Gasteiger partial charge >= 0.3 is 0 Å². The smallest absolute Gasteiger partial charge is 0.145 e. The summed E-state index contributed by atoms with van der Waals surface area (Å²) in [7, 11) is 5.25. The Morgan fingerprint density at radius 3 is 2.62 bits per heavy atom. The Balaban J connectivity index is 2.16. The number of ether oxygens (including phenoxy) is 2. The van der Waals surface area contributed by atoms with E-state index in [4.69, 9.17) is 9.47 Å². The lowest BCUT2D eigenvalue weighted by molar-refractivity contribution is 0.395. The molecule has 5 nitrogen and oxygen atoms in total. The average molecular weight is 289 g/mol. The van der Waals surface area contributed by atoms with Crippen LogP contribution in [0.5, 0.6) is 11.5 Å². The van der Waals surface area contributed by atoms with Crippen molar-refractivity contribution in [3.05, 3.63) is 35.7 Å². The predicted octanol–water partition coefficient (Wildman–Crippen LogP) is 3.17. The monoisotopic (exact) mass is 289 g/mol. The third-order valence-corrected chi connectivity index (χ3v) is 3.36. The van der Waals surface area contributed by atoms with E-state index in [1.54, 1.807) is 14.2 Å². The van der Waals surface area contributed by atoms with E-state index in [0.29, 0.717) is 12.5 Å². The zero-order valence-electron chi connectivity index (χ0n) is 13.3.